The summed E-state index contributed by atoms with van der Waals surface area (Å²) in [7, 11) is -3.82. The van der Waals surface area contributed by atoms with Gasteiger partial charge in [-0.1, -0.05) is 6.07 Å². The van der Waals surface area contributed by atoms with E-state index in [0.717, 1.165) is 24.1 Å². The summed E-state index contributed by atoms with van der Waals surface area (Å²) in [5, 5.41) is 2.73. The molecule has 7 nitrogen and oxygen atoms in total. The summed E-state index contributed by atoms with van der Waals surface area (Å²) in [5.41, 5.74) is 2.43. The number of sulfonamides is 1. The highest BCUT2D eigenvalue weighted by Crippen LogP contribution is 2.42. The summed E-state index contributed by atoms with van der Waals surface area (Å²) in [6, 6.07) is 4.67. The van der Waals surface area contributed by atoms with Crippen molar-refractivity contribution in [3.8, 4) is 0 Å². The Labute approximate surface area is 145 Å². The zero-order valence-corrected chi connectivity index (χ0v) is 14.6. The van der Waals surface area contributed by atoms with Gasteiger partial charge >= 0.3 is 0 Å². The predicted octanol–water partition coefficient (Wildman–Crippen LogP) is 1.75. The molecule has 2 N–H and O–H groups in total. The number of aromatic nitrogens is 2. The monoisotopic (exact) mass is 358 g/mol. The molecule has 4 rings (SSSR count). The van der Waals surface area contributed by atoms with Gasteiger partial charge in [0.05, 0.1) is 22.5 Å². The maximum atomic E-state index is 12.8. The SMILES string of the molecule is Cc1ncc(NS(=O)(=O)c2ccc3c(c2)C(=O)NCC3)c(C2CC2)n1. The lowest BCUT2D eigenvalue weighted by molar-refractivity contribution is 0.0945. The molecule has 2 aromatic rings. The van der Waals surface area contributed by atoms with E-state index in [1.165, 1.54) is 18.3 Å². The van der Waals surface area contributed by atoms with Crippen LogP contribution in [0.1, 0.15) is 46.2 Å². The van der Waals surface area contributed by atoms with Crippen molar-refractivity contribution in [2.24, 2.45) is 0 Å². The molecule has 2 aliphatic rings. The van der Waals surface area contributed by atoms with Crippen molar-refractivity contribution in [2.75, 3.05) is 11.3 Å². The van der Waals surface area contributed by atoms with E-state index in [0.29, 0.717) is 30.0 Å². The van der Waals surface area contributed by atoms with Crippen LogP contribution in [-0.4, -0.2) is 30.8 Å². The van der Waals surface area contributed by atoms with E-state index in [9.17, 15) is 13.2 Å². The highest BCUT2D eigenvalue weighted by atomic mass is 32.2. The lowest BCUT2D eigenvalue weighted by Gasteiger charge is -2.18. The van der Waals surface area contributed by atoms with Crippen molar-refractivity contribution >= 4 is 21.6 Å². The lowest BCUT2D eigenvalue weighted by atomic mass is 10.0. The molecule has 0 unspecified atom stereocenters. The molecule has 8 heteroatoms. The van der Waals surface area contributed by atoms with Crippen LogP contribution in [-0.2, 0) is 16.4 Å². The van der Waals surface area contributed by atoms with Crippen LogP contribution in [0.3, 0.4) is 0 Å². The Morgan fingerprint density at radius 1 is 1.28 bits per heavy atom. The van der Waals surface area contributed by atoms with Crippen molar-refractivity contribution in [2.45, 2.75) is 37.0 Å². The zero-order chi connectivity index (χ0) is 17.6. The summed E-state index contributed by atoms with van der Waals surface area (Å²) in [4.78, 5) is 20.5. The number of hydrogen-bond donors (Lipinski definition) is 2. The van der Waals surface area contributed by atoms with Gasteiger partial charge in [-0.25, -0.2) is 18.4 Å². The van der Waals surface area contributed by atoms with Gasteiger partial charge in [0.1, 0.15) is 5.82 Å². The molecule has 1 aliphatic carbocycles. The Kier molecular flexibility index (Phi) is 3.72. The fraction of sp³-hybridized carbons (Fsp3) is 0.353. The fourth-order valence-corrected chi connectivity index (χ4v) is 4.08. The van der Waals surface area contributed by atoms with Crippen molar-refractivity contribution in [1.82, 2.24) is 15.3 Å². The summed E-state index contributed by atoms with van der Waals surface area (Å²) in [6.45, 7) is 2.36. The normalized spacial score (nSPS) is 16.9. The number of benzene rings is 1. The van der Waals surface area contributed by atoms with E-state index in [-0.39, 0.29) is 16.7 Å². The maximum Gasteiger partial charge on any atom is 0.262 e. The summed E-state index contributed by atoms with van der Waals surface area (Å²) < 4.78 is 28.1. The van der Waals surface area contributed by atoms with E-state index in [1.807, 2.05) is 0 Å². The molecule has 2 heterocycles. The highest BCUT2D eigenvalue weighted by Gasteiger charge is 2.30. The van der Waals surface area contributed by atoms with Crippen LogP contribution in [0.15, 0.2) is 29.3 Å². The first kappa shape index (κ1) is 16.0. The van der Waals surface area contributed by atoms with Crippen LogP contribution in [0.2, 0.25) is 0 Å². The summed E-state index contributed by atoms with van der Waals surface area (Å²) in [5.74, 6) is 0.666. The Morgan fingerprint density at radius 2 is 2.08 bits per heavy atom. The van der Waals surface area contributed by atoms with E-state index in [2.05, 4.69) is 20.0 Å². The number of rotatable bonds is 4. The minimum atomic E-state index is -3.82. The first-order chi connectivity index (χ1) is 11.9. The van der Waals surface area contributed by atoms with Crippen molar-refractivity contribution in [1.29, 1.82) is 0 Å². The first-order valence-corrected chi connectivity index (χ1v) is 9.70. The Bertz CT molecular complexity index is 968. The molecule has 1 aromatic heterocycles. The van der Waals surface area contributed by atoms with Crippen LogP contribution in [0.25, 0.3) is 0 Å². The number of carbonyl (C=O) groups is 1. The van der Waals surface area contributed by atoms with E-state index >= 15 is 0 Å². The molecule has 130 valence electrons. The second-order valence-corrected chi connectivity index (χ2v) is 8.10. The zero-order valence-electron chi connectivity index (χ0n) is 13.7. The Hall–Kier alpha value is -2.48. The minimum absolute atomic E-state index is 0.0608. The lowest BCUT2D eigenvalue weighted by Crippen LogP contribution is -2.32. The van der Waals surface area contributed by atoms with Gasteiger partial charge in [-0.05, 0) is 43.9 Å². The molecule has 1 aromatic carbocycles. The number of carbonyl (C=O) groups excluding carboxylic acids is 1. The quantitative estimate of drug-likeness (QED) is 0.867. The number of nitrogens with one attached hydrogen (secondary N) is 2. The van der Waals surface area contributed by atoms with E-state index in [4.69, 9.17) is 0 Å². The van der Waals surface area contributed by atoms with Crippen LogP contribution in [0.5, 0.6) is 0 Å². The fourth-order valence-electron chi connectivity index (χ4n) is 3.00. The van der Waals surface area contributed by atoms with Crippen LogP contribution >= 0.6 is 0 Å². The number of aryl methyl sites for hydroxylation is 1. The third-order valence-corrected chi connectivity index (χ3v) is 5.83. The van der Waals surface area contributed by atoms with Crippen LogP contribution < -0.4 is 10.0 Å². The number of fused-ring (bicyclic) bond motifs is 1. The molecule has 25 heavy (non-hydrogen) atoms. The molecule has 0 bridgehead atoms. The molecule has 1 amide bonds. The van der Waals surface area contributed by atoms with Gasteiger partial charge in [0.15, 0.2) is 0 Å². The predicted molar refractivity (Wildman–Crippen MR) is 92.0 cm³/mol. The number of hydrogen-bond acceptors (Lipinski definition) is 5. The molecule has 1 fully saturated rings. The van der Waals surface area contributed by atoms with Crippen molar-refractivity contribution < 1.29 is 13.2 Å². The molecular weight excluding hydrogens is 340 g/mol. The third kappa shape index (κ3) is 3.09. The first-order valence-electron chi connectivity index (χ1n) is 8.21. The topological polar surface area (TPSA) is 101 Å². The smallest absolute Gasteiger partial charge is 0.262 e. The number of amides is 1. The van der Waals surface area contributed by atoms with Crippen molar-refractivity contribution in [3.05, 3.63) is 47.0 Å². The molecule has 0 atom stereocenters. The molecule has 0 spiro atoms. The molecule has 0 saturated heterocycles. The molecule has 0 radical (unpaired) electrons. The summed E-state index contributed by atoms with van der Waals surface area (Å²) in [6.07, 6.45) is 4.22. The van der Waals surface area contributed by atoms with Gasteiger partial charge in [-0.2, -0.15) is 0 Å². The Morgan fingerprint density at radius 3 is 2.84 bits per heavy atom. The molecular formula is C17H18N4O3S. The van der Waals surface area contributed by atoms with Crippen LogP contribution in [0.4, 0.5) is 5.69 Å². The number of nitrogens with zero attached hydrogens (tertiary/aromatic N) is 2. The Balaban J connectivity index is 1.69. The molecule has 1 aliphatic heterocycles. The van der Waals surface area contributed by atoms with E-state index < -0.39 is 10.0 Å². The van der Waals surface area contributed by atoms with Gasteiger partial charge in [0.2, 0.25) is 0 Å². The highest BCUT2D eigenvalue weighted by molar-refractivity contribution is 7.92. The number of anilines is 1. The molecule has 1 saturated carbocycles. The second kappa shape index (κ2) is 5.80. The summed E-state index contributed by atoms with van der Waals surface area (Å²) >= 11 is 0. The standard InChI is InChI=1S/C17H18N4O3S/c1-10-19-9-15(16(20-10)12-2-3-12)21-25(23,24)13-5-4-11-6-7-18-17(22)14(11)8-13/h4-5,8-9,12,21H,2-3,6-7H2,1H3,(H,18,22). The average molecular weight is 358 g/mol. The minimum Gasteiger partial charge on any atom is -0.352 e. The van der Waals surface area contributed by atoms with Gasteiger partial charge in [-0.3, -0.25) is 9.52 Å². The van der Waals surface area contributed by atoms with Gasteiger partial charge in [0, 0.05) is 18.0 Å². The van der Waals surface area contributed by atoms with Gasteiger partial charge in [-0.15, -0.1) is 0 Å². The third-order valence-electron chi connectivity index (χ3n) is 4.46. The van der Waals surface area contributed by atoms with Gasteiger partial charge in [0.25, 0.3) is 15.9 Å². The van der Waals surface area contributed by atoms with Crippen LogP contribution in [0, 0.1) is 6.92 Å². The second-order valence-electron chi connectivity index (χ2n) is 6.42. The largest absolute Gasteiger partial charge is 0.352 e. The maximum absolute atomic E-state index is 12.8. The van der Waals surface area contributed by atoms with Crippen molar-refractivity contribution in [3.63, 3.8) is 0 Å². The average Bonchev–Trinajstić information content (AvgIpc) is 3.41. The van der Waals surface area contributed by atoms with E-state index in [1.54, 1.807) is 13.0 Å². The van der Waals surface area contributed by atoms with Gasteiger partial charge < -0.3 is 5.32 Å².